The van der Waals surface area contributed by atoms with E-state index in [1.54, 1.807) is 11.8 Å². The zero-order valence-electron chi connectivity index (χ0n) is 9.84. The van der Waals surface area contributed by atoms with Crippen molar-refractivity contribution in [3.8, 4) is 0 Å². The highest BCUT2D eigenvalue weighted by Crippen LogP contribution is 2.39. The molecule has 1 aromatic carbocycles. The largest absolute Gasteiger partial charge is 0.480 e. The number of benzene rings is 1. The lowest BCUT2D eigenvalue weighted by Gasteiger charge is -2.10. The number of carboxylic acid groups (broad SMARTS) is 1. The molecule has 0 radical (unpaired) electrons. The van der Waals surface area contributed by atoms with Gasteiger partial charge in [0.25, 0.3) is 0 Å². The van der Waals surface area contributed by atoms with Gasteiger partial charge in [0.05, 0.1) is 5.37 Å². The average molecular weight is 263 g/mol. The van der Waals surface area contributed by atoms with E-state index in [2.05, 4.69) is 5.32 Å². The number of aryl methyl sites for hydroxylation is 1. The van der Waals surface area contributed by atoms with Gasteiger partial charge in [-0.15, -0.1) is 11.8 Å². The minimum atomic E-state index is -0.796. The Morgan fingerprint density at radius 1 is 1.50 bits per heavy atom. The third kappa shape index (κ3) is 1.79. The lowest BCUT2D eigenvalue weighted by atomic mass is 10.1. The van der Waals surface area contributed by atoms with Crippen LogP contribution < -0.4 is 5.32 Å². The first kappa shape index (κ1) is 11.6. The SMILES string of the molecule is Cc1oc2ccccc2c1C1NC(C(=O)O)CS1. The Labute approximate surface area is 108 Å². The zero-order chi connectivity index (χ0) is 12.7. The number of carboxylic acids is 1. The first-order valence-corrected chi connectivity index (χ1v) is 6.80. The van der Waals surface area contributed by atoms with Crippen molar-refractivity contribution in [1.29, 1.82) is 0 Å². The van der Waals surface area contributed by atoms with Crippen LogP contribution in [-0.2, 0) is 4.79 Å². The monoisotopic (exact) mass is 263 g/mol. The lowest BCUT2D eigenvalue weighted by Crippen LogP contribution is -2.33. The summed E-state index contributed by atoms with van der Waals surface area (Å²) in [6, 6.07) is 7.37. The number of fused-ring (bicyclic) bond motifs is 1. The summed E-state index contributed by atoms with van der Waals surface area (Å²) in [5.74, 6) is 0.640. The molecule has 0 amide bonds. The maximum atomic E-state index is 11.0. The van der Waals surface area contributed by atoms with Crippen LogP contribution in [0.4, 0.5) is 0 Å². The Bertz CT molecular complexity index is 607. The summed E-state index contributed by atoms with van der Waals surface area (Å²) in [6.45, 7) is 1.92. The van der Waals surface area contributed by atoms with Crippen molar-refractivity contribution in [2.24, 2.45) is 0 Å². The number of thioether (sulfide) groups is 1. The Kier molecular flexibility index (Phi) is 2.80. The predicted molar refractivity (Wildman–Crippen MR) is 70.7 cm³/mol. The summed E-state index contributed by atoms with van der Waals surface area (Å²) in [5.41, 5.74) is 1.92. The molecule has 2 aromatic rings. The molecule has 1 fully saturated rings. The van der Waals surface area contributed by atoms with Crippen LogP contribution >= 0.6 is 11.8 Å². The van der Waals surface area contributed by atoms with E-state index in [4.69, 9.17) is 9.52 Å². The molecule has 2 unspecified atom stereocenters. The molecule has 2 atom stereocenters. The quantitative estimate of drug-likeness (QED) is 0.871. The minimum absolute atomic E-state index is 0.00486. The fraction of sp³-hybridized carbons (Fsp3) is 0.308. The van der Waals surface area contributed by atoms with E-state index in [9.17, 15) is 4.79 Å². The van der Waals surface area contributed by atoms with Crippen molar-refractivity contribution >= 4 is 28.7 Å². The second-order valence-corrected chi connectivity index (χ2v) is 5.48. The fourth-order valence-electron chi connectivity index (χ4n) is 2.29. The van der Waals surface area contributed by atoms with Crippen LogP contribution in [0, 0.1) is 6.92 Å². The summed E-state index contributed by atoms with van der Waals surface area (Å²) >= 11 is 1.61. The molecule has 1 aliphatic rings. The maximum absolute atomic E-state index is 11.0. The molecule has 1 aromatic heterocycles. The first-order valence-electron chi connectivity index (χ1n) is 5.75. The van der Waals surface area contributed by atoms with Gasteiger partial charge in [-0.05, 0) is 13.0 Å². The molecule has 4 nitrogen and oxygen atoms in total. The van der Waals surface area contributed by atoms with Crippen LogP contribution in [-0.4, -0.2) is 22.9 Å². The Morgan fingerprint density at radius 3 is 3.00 bits per heavy atom. The number of hydrogen-bond donors (Lipinski definition) is 2. The van der Waals surface area contributed by atoms with Crippen molar-refractivity contribution in [3.05, 3.63) is 35.6 Å². The van der Waals surface area contributed by atoms with Crippen LogP contribution in [0.25, 0.3) is 11.0 Å². The van der Waals surface area contributed by atoms with E-state index >= 15 is 0 Å². The second kappa shape index (κ2) is 4.33. The molecule has 2 heterocycles. The number of rotatable bonds is 2. The smallest absolute Gasteiger partial charge is 0.321 e. The number of hydrogen-bond acceptors (Lipinski definition) is 4. The van der Waals surface area contributed by atoms with E-state index in [0.717, 1.165) is 22.3 Å². The highest BCUT2D eigenvalue weighted by molar-refractivity contribution is 7.99. The summed E-state index contributed by atoms with van der Waals surface area (Å²) in [6.07, 6.45) is 0. The van der Waals surface area contributed by atoms with Gasteiger partial charge >= 0.3 is 5.97 Å². The maximum Gasteiger partial charge on any atom is 0.321 e. The van der Waals surface area contributed by atoms with Gasteiger partial charge in [0.1, 0.15) is 17.4 Å². The van der Waals surface area contributed by atoms with Gasteiger partial charge < -0.3 is 9.52 Å². The Morgan fingerprint density at radius 2 is 2.28 bits per heavy atom. The van der Waals surface area contributed by atoms with Gasteiger partial charge in [0.15, 0.2) is 0 Å². The number of furan rings is 1. The van der Waals surface area contributed by atoms with Crippen molar-refractivity contribution in [3.63, 3.8) is 0 Å². The highest BCUT2D eigenvalue weighted by Gasteiger charge is 2.33. The summed E-state index contributed by atoms with van der Waals surface area (Å²) in [4.78, 5) is 11.0. The van der Waals surface area contributed by atoms with Gasteiger partial charge in [0.2, 0.25) is 0 Å². The molecule has 3 rings (SSSR count). The first-order chi connectivity index (χ1) is 8.66. The lowest BCUT2D eigenvalue weighted by molar-refractivity contribution is -0.138. The molecule has 1 saturated heterocycles. The molecule has 0 saturated carbocycles. The number of carbonyl (C=O) groups is 1. The molecule has 0 aliphatic carbocycles. The van der Waals surface area contributed by atoms with Gasteiger partial charge in [0, 0.05) is 16.7 Å². The van der Waals surface area contributed by atoms with Gasteiger partial charge in [-0.3, -0.25) is 10.1 Å². The Balaban J connectivity index is 2.00. The molecular weight excluding hydrogens is 250 g/mol. The molecule has 1 aliphatic heterocycles. The molecule has 94 valence electrons. The summed E-state index contributed by atoms with van der Waals surface area (Å²) in [5, 5.41) is 13.2. The van der Waals surface area contributed by atoms with Crippen LogP contribution in [0.3, 0.4) is 0 Å². The van der Waals surface area contributed by atoms with Crippen molar-refractivity contribution in [2.75, 3.05) is 5.75 Å². The van der Waals surface area contributed by atoms with E-state index in [1.165, 1.54) is 0 Å². The number of para-hydroxylation sites is 1. The highest BCUT2D eigenvalue weighted by atomic mass is 32.2. The zero-order valence-corrected chi connectivity index (χ0v) is 10.7. The molecule has 0 bridgehead atoms. The molecule has 0 spiro atoms. The van der Waals surface area contributed by atoms with Crippen molar-refractivity contribution < 1.29 is 14.3 Å². The molecular formula is C13H13NO3S. The summed E-state index contributed by atoms with van der Waals surface area (Å²) in [7, 11) is 0. The van der Waals surface area contributed by atoms with Gasteiger partial charge in [-0.1, -0.05) is 18.2 Å². The third-order valence-electron chi connectivity index (χ3n) is 3.16. The van der Waals surface area contributed by atoms with Crippen LogP contribution in [0.2, 0.25) is 0 Å². The molecule has 5 heteroatoms. The molecule has 2 N–H and O–H groups in total. The standard InChI is InChI=1S/C13H13NO3S/c1-7-11(8-4-2-3-5-10(8)17-7)12-14-9(6-18-12)13(15)16/h2-5,9,12,14H,6H2,1H3,(H,15,16). The van der Waals surface area contributed by atoms with Crippen LogP contribution in [0.15, 0.2) is 28.7 Å². The van der Waals surface area contributed by atoms with Crippen molar-refractivity contribution in [1.82, 2.24) is 5.32 Å². The number of nitrogens with one attached hydrogen (secondary N) is 1. The number of aliphatic carboxylic acids is 1. The summed E-state index contributed by atoms with van der Waals surface area (Å²) < 4.78 is 5.71. The van der Waals surface area contributed by atoms with E-state index in [0.29, 0.717) is 5.75 Å². The van der Waals surface area contributed by atoms with E-state index < -0.39 is 12.0 Å². The minimum Gasteiger partial charge on any atom is -0.480 e. The van der Waals surface area contributed by atoms with E-state index in [1.807, 2.05) is 31.2 Å². The van der Waals surface area contributed by atoms with Gasteiger partial charge in [-0.2, -0.15) is 0 Å². The van der Waals surface area contributed by atoms with Gasteiger partial charge in [-0.25, -0.2) is 0 Å². The molecule has 18 heavy (non-hydrogen) atoms. The Hall–Kier alpha value is -1.46. The fourth-order valence-corrected chi connectivity index (χ4v) is 3.64. The van der Waals surface area contributed by atoms with E-state index in [-0.39, 0.29) is 5.37 Å². The van der Waals surface area contributed by atoms with Crippen LogP contribution in [0.1, 0.15) is 16.7 Å². The second-order valence-electron chi connectivity index (χ2n) is 4.34. The average Bonchev–Trinajstić information content (AvgIpc) is 2.91. The predicted octanol–water partition coefficient (Wildman–Crippen LogP) is 2.53. The topological polar surface area (TPSA) is 62.5 Å². The van der Waals surface area contributed by atoms with Crippen molar-refractivity contribution in [2.45, 2.75) is 18.3 Å². The van der Waals surface area contributed by atoms with Crippen LogP contribution in [0.5, 0.6) is 0 Å². The normalized spacial score (nSPS) is 23.6. The third-order valence-corrected chi connectivity index (χ3v) is 4.39.